The second-order valence-electron chi connectivity index (χ2n) is 23.8. The van der Waals surface area contributed by atoms with E-state index < -0.39 is 0 Å². The Labute approximate surface area is 541 Å². The summed E-state index contributed by atoms with van der Waals surface area (Å²) in [5.41, 5.74) is 21.4. The first-order valence-electron chi connectivity index (χ1n) is 31.8. The zero-order valence-electron chi connectivity index (χ0n) is 50.9. The summed E-state index contributed by atoms with van der Waals surface area (Å²) in [7, 11) is 0. The Morgan fingerprint density at radius 3 is 0.894 bits per heavy atom. The summed E-state index contributed by atoms with van der Waals surface area (Å²) >= 11 is 0. The number of benzene rings is 13. The van der Waals surface area contributed by atoms with Gasteiger partial charge in [-0.25, -0.2) is 4.98 Å². The molecule has 8 heteroatoms. The normalized spacial score (nSPS) is 11.6. The topological polar surface area (TPSA) is 71.3 Å². The summed E-state index contributed by atoms with van der Waals surface area (Å²) in [4.78, 5) is 19.8. The molecule has 13 aromatic carbocycles. The smallest absolute Gasteiger partial charge is 0.238 e. The van der Waals surface area contributed by atoms with E-state index in [0.717, 1.165) is 77.8 Å². The van der Waals surface area contributed by atoms with E-state index in [1.165, 1.54) is 71.0 Å². The van der Waals surface area contributed by atoms with Crippen molar-refractivity contribution < 1.29 is 0 Å². The molecular weight excluding hydrogens is 1150 g/mol. The third-order valence-corrected chi connectivity index (χ3v) is 18.4. The van der Waals surface area contributed by atoms with Crippen LogP contribution in [0.5, 0.6) is 0 Å². The monoisotopic (exact) mass is 1200 g/mol. The Bertz CT molecular complexity index is 5780. The van der Waals surface area contributed by atoms with Gasteiger partial charge in [0.15, 0.2) is 11.6 Å². The molecule has 8 nitrogen and oxygen atoms in total. The van der Waals surface area contributed by atoms with E-state index in [-0.39, 0.29) is 0 Å². The summed E-state index contributed by atoms with van der Waals surface area (Å²) in [5, 5.41) is 9.82. The van der Waals surface area contributed by atoms with Crippen LogP contribution in [0.1, 0.15) is 0 Å². The molecule has 0 N–H and O–H groups in total. The maximum absolute atomic E-state index is 5.08. The highest BCUT2D eigenvalue weighted by molar-refractivity contribution is 6.14. The fraction of sp³-hybridized carbons (Fsp3) is 0. The zero-order valence-corrected chi connectivity index (χ0v) is 50.9. The van der Waals surface area contributed by atoms with Crippen LogP contribution in [-0.2, 0) is 0 Å². The van der Waals surface area contributed by atoms with Crippen LogP contribution >= 0.6 is 0 Å². The van der Waals surface area contributed by atoms with Gasteiger partial charge in [0.1, 0.15) is 0 Å². The molecule has 0 unspecified atom stereocenters. The number of nitrogens with zero attached hydrogens (tertiary/aromatic N) is 8. The van der Waals surface area contributed by atoms with Gasteiger partial charge >= 0.3 is 0 Å². The molecule has 6 heterocycles. The molecule has 0 aliphatic heterocycles. The first-order valence-corrected chi connectivity index (χ1v) is 31.8. The Kier molecular flexibility index (Phi) is 13.0. The predicted octanol–water partition coefficient (Wildman–Crippen LogP) is 21.7. The van der Waals surface area contributed by atoms with Crippen molar-refractivity contribution in [3.63, 3.8) is 0 Å². The van der Waals surface area contributed by atoms with E-state index in [1.54, 1.807) is 0 Å². The molecule has 0 spiro atoms. The molecule has 440 valence electrons. The lowest BCUT2D eigenvalue weighted by molar-refractivity contribution is 0.953. The van der Waals surface area contributed by atoms with Crippen molar-refractivity contribution in [1.82, 2.24) is 38.2 Å². The first kappa shape index (κ1) is 54.2. The molecule has 0 saturated carbocycles. The molecule has 0 aliphatic rings. The number of hydrogen-bond acceptors (Lipinski definition) is 4. The maximum Gasteiger partial charge on any atom is 0.238 e. The van der Waals surface area contributed by atoms with Crippen molar-refractivity contribution in [1.29, 1.82) is 0 Å². The summed E-state index contributed by atoms with van der Waals surface area (Å²) < 4.78 is 9.25. The highest BCUT2D eigenvalue weighted by Gasteiger charge is 2.21. The average Bonchev–Trinajstić information content (AvgIpc) is 1.61. The lowest BCUT2D eigenvalue weighted by Crippen LogP contribution is -2.06. The molecule has 0 saturated heterocycles. The van der Waals surface area contributed by atoms with E-state index >= 15 is 0 Å². The van der Waals surface area contributed by atoms with Crippen molar-refractivity contribution in [2.75, 3.05) is 0 Å². The van der Waals surface area contributed by atoms with Crippen molar-refractivity contribution in [2.45, 2.75) is 0 Å². The number of rotatable bonds is 9. The summed E-state index contributed by atoms with van der Waals surface area (Å²) in [5.74, 6) is 1.87. The van der Waals surface area contributed by atoms with E-state index in [4.69, 9.17) is 19.9 Å². The second kappa shape index (κ2) is 22.6. The highest BCUT2D eigenvalue weighted by Crippen LogP contribution is 2.40. The quantitative estimate of drug-likeness (QED) is 0.144. The number of pyridine rings is 1. The van der Waals surface area contributed by atoms with Crippen LogP contribution in [0.2, 0.25) is 0 Å². The van der Waals surface area contributed by atoms with Gasteiger partial charge < -0.3 is 13.7 Å². The fourth-order valence-corrected chi connectivity index (χ4v) is 14.1. The summed E-state index contributed by atoms with van der Waals surface area (Å²) in [6, 6.07) is 116. The van der Waals surface area contributed by atoms with Gasteiger partial charge in [0.2, 0.25) is 5.95 Å². The van der Waals surface area contributed by atoms with Gasteiger partial charge in [-0.3, -0.25) is 9.55 Å². The number of hydrogen-bond donors (Lipinski definition) is 0. The Balaban J connectivity index is 0.000000139. The maximum atomic E-state index is 5.08. The van der Waals surface area contributed by atoms with Gasteiger partial charge in [0.25, 0.3) is 0 Å². The van der Waals surface area contributed by atoms with Crippen LogP contribution in [-0.4, -0.2) is 38.2 Å². The van der Waals surface area contributed by atoms with E-state index in [1.807, 2.05) is 73.1 Å². The average molecular weight is 1200 g/mol. The van der Waals surface area contributed by atoms with Crippen LogP contribution in [0.25, 0.3) is 166 Å². The number of para-hydroxylation sites is 7. The molecule has 0 amide bonds. The lowest BCUT2D eigenvalue weighted by atomic mass is 10.0. The van der Waals surface area contributed by atoms with Crippen molar-refractivity contribution in [3.05, 3.63) is 340 Å². The SMILES string of the molecule is c1cc(-c2cncc(-c3cccc(-n4c5ccccc5c5ccccc54)c3)c2)cc(-n2c3ccccc3c3ccccc32)c1.c1ccc(-c2nc(-c3ccccc3)nc(-n3c4ccccc4c4cc(-c5ccc6c(c5)c5ccccc5n6-c5ccccc5)ccc43)n2)cc1. The molecule has 0 atom stereocenters. The predicted molar refractivity (Wildman–Crippen MR) is 389 cm³/mol. The van der Waals surface area contributed by atoms with Crippen molar-refractivity contribution in [3.8, 4) is 79.2 Å². The molecular formula is C86H56N8. The minimum absolute atomic E-state index is 0.590. The van der Waals surface area contributed by atoms with E-state index in [2.05, 4.69) is 285 Å². The Morgan fingerprint density at radius 2 is 0.479 bits per heavy atom. The molecule has 19 aromatic rings. The fourth-order valence-electron chi connectivity index (χ4n) is 14.1. The standard InChI is InChI=1S/C45H29N5.C41H27N3/c1-4-14-30(15-5-1)43-46-44(31-16-6-2-7-17-31)48-45(47-43)50-40-23-13-11-21-36(40)38-29-33(25-27-42(38)50)32-24-26-41-37(28-32)35-20-10-12-22-39(35)49(41)34-18-8-3-9-19-34;1-5-19-38-34(15-1)35-16-2-6-20-39(35)43(38)32-13-9-11-28(24-32)30-23-31(27-42-26-30)29-12-10-14-33(25-29)44-40-21-7-3-17-36(40)37-18-4-8-22-41(37)44/h1-29H;1-27H. The van der Waals surface area contributed by atoms with E-state index in [0.29, 0.717) is 17.6 Å². The molecule has 0 radical (unpaired) electrons. The largest absolute Gasteiger partial charge is 0.309 e. The molecule has 6 aromatic heterocycles. The highest BCUT2D eigenvalue weighted by atomic mass is 15.2. The summed E-state index contributed by atoms with van der Waals surface area (Å²) in [6.45, 7) is 0. The van der Waals surface area contributed by atoms with Gasteiger partial charge in [-0.05, 0) is 125 Å². The van der Waals surface area contributed by atoms with Crippen molar-refractivity contribution >= 4 is 87.2 Å². The zero-order chi connectivity index (χ0) is 62.1. The molecule has 19 rings (SSSR count). The van der Waals surface area contributed by atoms with Crippen LogP contribution in [0, 0.1) is 0 Å². The third kappa shape index (κ3) is 9.22. The lowest BCUT2D eigenvalue weighted by Gasteiger charge is -2.12. The molecule has 0 aliphatic carbocycles. The number of aromatic nitrogens is 8. The Morgan fingerprint density at radius 1 is 0.181 bits per heavy atom. The molecule has 0 fully saturated rings. The third-order valence-electron chi connectivity index (χ3n) is 18.4. The van der Waals surface area contributed by atoms with E-state index in [9.17, 15) is 0 Å². The second-order valence-corrected chi connectivity index (χ2v) is 23.8. The number of fused-ring (bicyclic) bond motifs is 12. The molecule has 0 bridgehead atoms. The van der Waals surface area contributed by atoms with Gasteiger partial charge in [-0.2, -0.15) is 9.97 Å². The minimum Gasteiger partial charge on any atom is -0.309 e. The molecule has 94 heavy (non-hydrogen) atoms. The minimum atomic E-state index is 0.590. The van der Waals surface area contributed by atoms with Gasteiger partial charge in [0, 0.05) is 94.8 Å². The van der Waals surface area contributed by atoms with Crippen LogP contribution < -0.4 is 0 Å². The first-order chi connectivity index (χ1) is 46.6. The van der Waals surface area contributed by atoms with Gasteiger partial charge in [-0.15, -0.1) is 0 Å². The van der Waals surface area contributed by atoms with Crippen LogP contribution in [0.3, 0.4) is 0 Å². The summed E-state index contributed by atoms with van der Waals surface area (Å²) in [6.07, 6.45) is 3.93. The van der Waals surface area contributed by atoms with Crippen LogP contribution in [0.4, 0.5) is 0 Å². The Hall–Kier alpha value is -12.8. The van der Waals surface area contributed by atoms with Crippen LogP contribution in [0.15, 0.2) is 340 Å². The van der Waals surface area contributed by atoms with Gasteiger partial charge in [-0.1, -0.05) is 224 Å². The van der Waals surface area contributed by atoms with Gasteiger partial charge in [0.05, 0.1) is 44.1 Å². The van der Waals surface area contributed by atoms with Crippen molar-refractivity contribution in [2.24, 2.45) is 0 Å².